The van der Waals surface area contributed by atoms with Crippen LogP contribution in [0.4, 0.5) is 10.2 Å². The van der Waals surface area contributed by atoms with Gasteiger partial charge in [-0.15, -0.1) is 0 Å². The van der Waals surface area contributed by atoms with E-state index < -0.39 is 25.2 Å². The summed E-state index contributed by atoms with van der Waals surface area (Å²) in [6.45, 7) is -1.64. The van der Waals surface area contributed by atoms with Gasteiger partial charge >= 0.3 is 0 Å². The maximum atomic E-state index is 12.7. The van der Waals surface area contributed by atoms with E-state index in [9.17, 15) is 14.0 Å². The zero-order chi connectivity index (χ0) is 24.7. The number of nitrogens with one attached hydrogen (secondary N) is 1. The molecular weight excluding hydrogens is 465 g/mol. The largest absolute Gasteiger partial charge is 0.459 e. The molecule has 0 bridgehead atoms. The van der Waals surface area contributed by atoms with Crippen molar-refractivity contribution >= 4 is 29.2 Å². The van der Waals surface area contributed by atoms with E-state index in [-0.39, 0.29) is 33.7 Å². The fraction of sp³-hybridized carbons (Fsp3) is 0.136. The predicted octanol–water partition coefficient (Wildman–Crippen LogP) is 2.63. The van der Waals surface area contributed by atoms with Crippen LogP contribution >= 0.6 is 11.6 Å². The number of halogens is 2. The summed E-state index contributed by atoms with van der Waals surface area (Å²) in [4.78, 5) is 38.2. The van der Waals surface area contributed by atoms with Crippen LogP contribution in [0.25, 0.3) is 11.3 Å². The maximum Gasteiger partial charge on any atom is 0.289 e. The summed E-state index contributed by atoms with van der Waals surface area (Å²) in [6.07, 6.45) is 2.46. The smallest absolute Gasteiger partial charge is 0.289 e. The molecule has 0 aliphatic heterocycles. The highest BCUT2D eigenvalue weighted by Crippen LogP contribution is 2.27. The summed E-state index contributed by atoms with van der Waals surface area (Å²) in [5, 5.41) is 20.5. The quantitative estimate of drug-likeness (QED) is 0.544. The van der Waals surface area contributed by atoms with Gasteiger partial charge in [-0.2, -0.15) is 10.5 Å². The number of hydrogen-bond donors (Lipinski definition) is 1. The molecule has 0 radical (unpaired) electrons. The van der Waals surface area contributed by atoms with Gasteiger partial charge in [-0.1, -0.05) is 23.7 Å². The molecule has 2 aromatic heterocycles. The average molecular weight is 480 g/mol. The Balaban J connectivity index is 1.73. The number of pyridine rings is 1. The van der Waals surface area contributed by atoms with Gasteiger partial charge in [0.2, 0.25) is 18.6 Å². The molecule has 1 aromatic carbocycles. The lowest BCUT2D eigenvalue weighted by Gasteiger charge is -2.19. The summed E-state index contributed by atoms with van der Waals surface area (Å²) in [7, 11) is 1.36. The molecule has 170 valence electrons. The van der Waals surface area contributed by atoms with Crippen LogP contribution < -0.4 is 15.0 Å². The molecule has 2 heterocycles. The molecule has 0 fully saturated rings. The summed E-state index contributed by atoms with van der Waals surface area (Å²) >= 11 is 6.16. The lowest BCUT2D eigenvalue weighted by Crippen LogP contribution is -2.39. The summed E-state index contributed by atoms with van der Waals surface area (Å²) < 4.78 is 17.5. The zero-order valence-electron chi connectivity index (χ0n) is 17.6. The second-order valence-corrected chi connectivity index (χ2v) is 7.03. The topological polar surface area (TPSA) is 145 Å². The molecule has 0 aliphatic rings. The van der Waals surface area contributed by atoms with Crippen LogP contribution in [0.5, 0.6) is 5.75 Å². The van der Waals surface area contributed by atoms with Crippen molar-refractivity contribution < 1.29 is 18.7 Å². The highest BCUT2D eigenvalue weighted by atomic mass is 35.5. The van der Waals surface area contributed by atoms with Gasteiger partial charge in [0.25, 0.3) is 5.91 Å². The molecule has 2 amide bonds. The van der Waals surface area contributed by atoms with Crippen molar-refractivity contribution in [2.45, 2.75) is 0 Å². The third kappa shape index (κ3) is 5.41. The number of hydrogen-bond acceptors (Lipinski definition) is 8. The summed E-state index contributed by atoms with van der Waals surface area (Å²) in [6, 6.07) is 11.5. The van der Waals surface area contributed by atoms with Crippen molar-refractivity contribution in [3.63, 3.8) is 0 Å². The number of aromatic nitrogens is 3. The van der Waals surface area contributed by atoms with Crippen LogP contribution in [0.2, 0.25) is 5.02 Å². The Hall–Kier alpha value is -4.61. The van der Waals surface area contributed by atoms with Crippen LogP contribution in [0.3, 0.4) is 0 Å². The minimum Gasteiger partial charge on any atom is -0.459 e. The number of nitrogens with zero attached hydrogens (tertiary/aromatic N) is 6. The predicted molar refractivity (Wildman–Crippen MR) is 118 cm³/mol. The van der Waals surface area contributed by atoms with E-state index in [0.29, 0.717) is 11.1 Å². The maximum absolute atomic E-state index is 12.7. The Bertz CT molecular complexity index is 1320. The summed E-state index contributed by atoms with van der Waals surface area (Å²) in [5.74, 6) is -1.69. The Kier molecular flexibility index (Phi) is 7.64. The molecule has 0 atom stereocenters. The van der Waals surface area contributed by atoms with Gasteiger partial charge in [-0.05, 0) is 12.1 Å². The van der Waals surface area contributed by atoms with E-state index in [1.807, 2.05) is 12.1 Å². The molecule has 12 heteroatoms. The molecule has 10 nitrogen and oxygen atoms in total. The van der Waals surface area contributed by atoms with Crippen molar-refractivity contribution in [2.75, 3.05) is 25.4 Å². The molecule has 0 spiro atoms. The normalized spacial score (nSPS) is 10.0. The Morgan fingerprint density at radius 2 is 1.85 bits per heavy atom. The van der Waals surface area contributed by atoms with Gasteiger partial charge in [-0.3, -0.25) is 14.5 Å². The lowest BCUT2D eigenvalue weighted by atomic mass is 10.1. The monoisotopic (exact) mass is 479 g/mol. The van der Waals surface area contributed by atoms with Gasteiger partial charge in [0.1, 0.15) is 6.07 Å². The van der Waals surface area contributed by atoms with Gasteiger partial charge in [-0.25, -0.2) is 19.3 Å². The van der Waals surface area contributed by atoms with E-state index in [2.05, 4.69) is 20.3 Å². The molecule has 0 unspecified atom stereocenters. The van der Waals surface area contributed by atoms with Gasteiger partial charge in [0.05, 0.1) is 40.7 Å². The van der Waals surface area contributed by atoms with E-state index in [1.54, 1.807) is 24.3 Å². The Morgan fingerprint density at radius 3 is 2.50 bits per heavy atom. The average Bonchev–Trinajstić information content (AvgIpc) is 2.87. The lowest BCUT2D eigenvalue weighted by molar-refractivity contribution is -0.117. The van der Waals surface area contributed by atoms with E-state index >= 15 is 0 Å². The first kappa shape index (κ1) is 24.0. The number of likely N-dealkylation sites (N-methyl/N-ethyl adjacent to an activating group) is 1. The third-order valence-corrected chi connectivity index (χ3v) is 4.78. The van der Waals surface area contributed by atoms with Crippen LogP contribution in [0.15, 0.2) is 42.7 Å². The first-order valence-electron chi connectivity index (χ1n) is 9.54. The minimum absolute atomic E-state index is 0.0262. The van der Waals surface area contributed by atoms with Crippen molar-refractivity contribution in [1.29, 1.82) is 10.5 Å². The number of carbonyl (C=O) groups excluding carboxylic acids is 2. The van der Waals surface area contributed by atoms with Crippen molar-refractivity contribution in [3.05, 3.63) is 64.7 Å². The van der Waals surface area contributed by atoms with E-state index in [4.69, 9.17) is 26.9 Å². The Morgan fingerprint density at radius 1 is 1.15 bits per heavy atom. The number of carbonyl (C=O) groups is 2. The van der Waals surface area contributed by atoms with Crippen LogP contribution in [-0.4, -0.2) is 47.2 Å². The number of alkyl halides is 1. The van der Waals surface area contributed by atoms with Gasteiger partial charge < -0.3 is 10.1 Å². The molecule has 3 aromatic rings. The fourth-order valence-electron chi connectivity index (χ4n) is 2.77. The molecule has 0 aliphatic carbocycles. The number of nitriles is 2. The number of ether oxygens (including phenoxy) is 1. The standard InChI is InChI=1S/C22H15ClFN7O3/c1-31(21-17(34-12-24)6-14(8-26)9-28-21)18(32)11-29-22(33)20-27-10-16(23)19(30-20)15-4-2-13(7-25)3-5-15/h2-6,9-10H,11-12H2,1H3,(H,29,33). The second kappa shape index (κ2) is 10.8. The molecule has 3 rings (SSSR count). The highest BCUT2D eigenvalue weighted by Gasteiger charge is 2.20. The van der Waals surface area contributed by atoms with Crippen LogP contribution in [-0.2, 0) is 4.79 Å². The van der Waals surface area contributed by atoms with Crippen LogP contribution in [0, 0.1) is 22.7 Å². The van der Waals surface area contributed by atoms with E-state index in [0.717, 1.165) is 4.90 Å². The SMILES string of the molecule is CN(C(=O)CNC(=O)c1ncc(Cl)c(-c2ccc(C#N)cc2)n1)c1ncc(C#N)cc1OCF. The van der Waals surface area contributed by atoms with Gasteiger partial charge in [0, 0.05) is 24.9 Å². The Labute approximate surface area is 198 Å². The molecule has 0 saturated carbocycles. The number of amides is 2. The first-order valence-corrected chi connectivity index (χ1v) is 9.92. The van der Waals surface area contributed by atoms with E-state index in [1.165, 1.54) is 25.5 Å². The molecule has 1 N–H and O–H groups in total. The number of anilines is 1. The third-order valence-electron chi connectivity index (χ3n) is 4.50. The zero-order valence-corrected chi connectivity index (χ0v) is 18.4. The molecule has 34 heavy (non-hydrogen) atoms. The van der Waals surface area contributed by atoms with Crippen molar-refractivity contribution in [3.8, 4) is 29.1 Å². The van der Waals surface area contributed by atoms with Gasteiger partial charge in [0.15, 0.2) is 11.6 Å². The fourth-order valence-corrected chi connectivity index (χ4v) is 2.97. The van der Waals surface area contributed by atoms with Crippen molar-refractivity contribution in [2.24, 2.45) is 0 Å². The number of rotatable bonds is 7. The number of benzene rings is 1. The highest BCUT2D eigenvalue weighted by molar-refractivity contribution is 6.32. The first-order chi connectivity index (χ1) is 16.4. The minimum atomic E-state index is -1.18. The molecular formula is C22H15ClFN7O3. The van der Waals surface area contributed by atoms with Crippen molar-refractivity contribution in [1.82, 2.24) is 20.3 Å². The summed E-state index contributed by atoms with van der Waals surface area (Å²) in [5.41, 5.74) is 1.43. The second-order valence-electron chi connectivity index (χ2n) is 6.63. The van der Waals surface area contributed by atoms with Crippen LogP contribution in [0.1, 0.15) is 21.7 Å². The molecule has 0 saturated heterocycles.